The van der Waals surface area contributed by atoms with Crippen LogP contribution in [0.25, 0.3) is 11.1 Å². The highest BCUT2D eigenvalue weighted by Gasteiger charge is 2.30. The molecule has 272 valence electrons. The minimum atomic E-state index is -0.568. The third kappa shape index (κ3) is 8.15. The summed E-state index contributed by atoms with van der Waals surface area (Å²) in [5.41, 5.74) is 5.61. The number of imide groups is 1. The van der Waals surface area contributed by atoms with Crippen molar-refractivity contribution in [1.29, 1.82) is 0 Å². The number of rotatable bonds is 9. The minimum Gasteiger partial charge on any atom is -0.496 e. The Bertz CT molecular complexity index is 1880. The zero-order chi connectivity index (χ0) is 36.4. The van der Waals surface area contributed by atoms with Crippen LogP contribution >= 0.6 is 11.6 Å². The fraction of sp³-hybridized carbons (Fsp3) is 0.487. The van der Waals surface area contributed by atoms with Crippen LogP contribution in [0.5, 0.6) is 5.75 Å². The maximum Gasteiger partial charge on any atom is 0.253 e. The topological polar surface area (TPSA) is 113 Å². The molecule has 2 N–H and O–H groups in total. The Hall–Kier alpha value is -4.22. The van der Waals surface area contributed by atoms with Gasteiger partial charge in [0.05, 0.1) is 13.7 Å². The van der Waals surface area contributed by atoms with E-state index >= 15 is 4.39 Å². The van der Waals surface area contributed by atoms with Crippen LogP contribution < -0.4 is 20.9 Å². The number of nitrogens with one attached hydrogen (secondary N) is 2. The van der Waals surface area contributed by atoms with Crippen molar-refractivity contribution < 1.29 is 23.5 Å². The van der Waals surface area contributed by atoms with Gasteiger partial charge in [-0.25, -0.2) is 4.39 Å². The van der Waals surface area contributed by atoms with E-state index in [2.05, 4.69) is 15.5 Å². The molecule has 0 aliphatic carbocycles. The molecule has 3 amide bonds. The quantitative estimate of drug-likeness (QED) is 0.287. The van der Waals surface area contributed by atoms with Gasteiger partial charge in [0.25, 0.3) is 5.56 Å². The van der Waals surface area contributed by atoms with Crippen molar-refractivity contribution in [2.45, 2.75) is 70.8 Å². The first-order chi connectivity index (χ1) is 24.4. The largest absolute Gasteiger partial charge is 0.496 e. The highest BCUT2D eigenvalue weighted by molar-refractivity contribution is 6.32. The number of ether oxygens (including phenoxy) is 1. The second-order valence-electron chi connectivity index (χ2n) is 14.3. The second-order valence-corrected chi connectivity index (χ2v) is 14.7. The van der Waals surface area contributed by atoms with Crippen LogP contribution in [0, 0.1) is 25.6 Å². The van der Waals surface area contributed by atoms with E-state index in [0.29, 0.717) is 66.7 Å². The monoisotopic (exact) mass is 719 g/mol. The van der Waals surface area contributed by atoms with Gasteiger partial charge in [0.1, 0.15) is 17.6 Å². The van der Waals surface area contributed by atoms with Gasteiger partial charge in [-0.1, -0.05) is 17.7 Å². The fourth-order valence-electron chi connectivity index (χ4n) is 7.76. The summed E-state index contributed by atoms with van der Waals surface area (Å²) in [7, 11) is 3.41. The molecule has 12 heteroatoms. The number of carbonyl (C=O) groups is 3. The Morgan fingerprint density at radius 2 is 1.73 bits per heavy atom. The number of pyridine rings is 1. The number of anilines is 1. The first-order valence-electron chi connectivity index (χ1n) is 17.8. The standard InChI is InChI=1S/C39H47ClFN5O5/c1-23-24(2)39(50)44(3)21-31(23)27-18-32(40)30(35(19-27)51-4)17-25-9-13-45(14-10-25)22-37(48)46-15-11-26(12-16-46)29-6-5-28(20-33(29)41)42-34-7-8-36(47)43-38(34)49/h5-6,18-21,25-26,34,42H,7-17,22H2,1-4H3,(H,43,47,49). The summed E-state index contributed by atoms with van der Waals surface area (Å²) in [5, 5.41) is 5.99. The number of amides is 3. The molecule has 1 aromatic heterocycles. The van der Waals surface area contributed by atoms with E-state index in [4.69, 9.17) is 16.3 Å². The third-order valence-electron chi connectivity index (χ3n) is 11.0. The van der Waals surface area contributed by atoms with E-state index in [1.807, 2.05) is 37.1 Å². The number of hydrogen-bond donors (Lipinski definition) is 2. The fourth-order valence-corrected chi connectivity index (χ4v) is 8.05. The zero-order valence-electron chi connectivity index (χ0n) is 29.8. The molecule has 0 saturated carbocycles. The molecule has 1 unspecified atom stereocenters. The Labute approximate surface area is 303 Å². The maximum atomic E-state index is 15.2. The van der Waals surface area contributed by atoms with Gasteiger partial charge in [0.2, 0.25) is 17.7 Å². The van der Waals surface area contributed by atoms with E-state index in [0.717, 1.165) is 60.4 Å². The van der Waals surface area contributed by atoms with E-state index in [1.165, 1.54) is 6.07 Å². The molecule has 3 aromatic rings. The van der Waals surface area contributed by atoms with Crippen LogP contribution in [0.1, 0.15) is 66.7 Å². The van der Waals surface area contributed by atoms with Gasteiger partial charge in [0.15, 0.2) is 0 Å². The predicted molar refractivity (Wildman–Crippen MR) is 196 cm³/mol. The molecule has 1 atom stereocenters. The van der Waals surface area contributed by atoms with Gasteiger partial charge in [0, 0.05) is 60.2 Å². The number of nitrogens with zero attached hydrogens (tertiary/aromatic N) is 3. The van der Waals surface area contributed by atoms with E-state index < -0.39 is 11.9 Å². The molecule has 4 heterocycles. The summed E-state index contributed by atoms with van der Waals surface area (Å²) in [6.07, 6.45) is 6.53. The Kier molecular flexibility index (Phi) is 11.2. The van der Waals surface area contributed by atoms with Crippen LogP contribution in [-0.2, 0) is 27.9 Å². The van der Waals surface area contributed by atoms with Gasteiger partial charge in [-0.15, -0.1) is 0 Å². The number of methoxy groups -OCH3 is 1. The molecule has 3 aliphatic rings. The Morgan fingerprint density at radius 1 is 1.00 bits per heavy atom. The smallest absolute Gasteiger partial charge is 0.253 e. The van der Waals surface area contributed by atoms with Crippen molar-refractivity contribution in [2.75, 3.05) is 45.2 Å². The minimum absolute atomic E-state index is 0.0116. The predicted octanol–water partition coefficient (Wildman–Crippen LogP) is 5.35. The molecule has 51 heavy (non-hydrogen) atoms. The lowest BCUT2D eigenvalue weighted by Gasteiger charge is -2.36. The number of aromatic nitrogens is 1. The van der Waals surface area contributed by atoms with Crippen molar-refractivity contribution in [3.63, 3.8) is 0 Å². The van der Waals surface area contributed by atoms with E-state index in [1.54, 1.807) is 30.9 Å². The van der Waals surface area contributed by atoms with Crippen LogP contribution in [0.4, 0.5) is 10.1 Å². The third-order valence-corrected chi connectivity index (χ3v) is 11.4. The first-order valence-corrected chi connectivity index (χ1v) is 18.2. The zero-order valence-corrected chi connectivity index (χ0v) is 30.6. The molecule has 3 aliphatic heterocycles. The average molecular weight is 720 g/mol. The lowest BCUT2D eigenvalue weighted by atomic mass is 9.88. The molecule has 0 bridgehead atoms. The van der Waals surface area contributed by atoms with Crippen molar-refractivity contribution >= 4 is 35.0 Å². The molecule has 6 rings (SSSR count). The molecule has 10 nitrogen and oxygen atoms in total. The van der Waals surface area contributed by atoms with Crippen LogP contribution in [0.15, 0.2) is 41.3 Å². The summed E-state index contributed by atoms with van der Waals surface area (Å²) < 4.78 is 22.6. The molecule has 0 spiro atoms. The number of likely N-dealkylation sites (tertiary alicyclic amines) is 2. The van der Waals surface area contributed by atoms with Crippen LogP contribution in [-0.4, -0.2) is 78.0 Å². The average Bonchev–Trinajstić information content (AvgIpc) is 3.11. The normalized spacial score (nSPS) is 19.3. The number of carbonyl (C=O) groups excluding carboxylic acids is 3. The SMILES string of the molecule is COc1cc(-c2cn(C)c(=O)c(C)c2C)cc(Cl)c1CC1CCN(CC(=O)N2CCC(c3ccc(NC4CCC(=O)NC4=O)cc3F)CC2)CC1. The van der Waals surface area contributed by atoms with Gasteiger partial charge in [-0.05, 0) is 118 Å². The van der Waals surface area contributed by atoms with Crippen molar-refractivity contribution in [3.05, 3.63) is 80.0 Å². The summed E-state index contributed by atoms with van der Waals surface area (Å²) in [5.74, 6) is 0.262. The summed E-state index contributed by atoms with van der Waals surface area (Å²) >= 11 is 6.88. The Balaban J connectivity index is 0.981. The summed E-state index contributed by atoms with van der Waals surface area (Å²) in [6, 6.07) is 8.36. The lowest BCUT2D eigenvalue weighted by Crippen LogP contribution is -2.47. The highest BCUT2D eigenvalue weighted by atomic mass is 35.5. The van der Waals surface area contributed by atoms with Gasteiger partial charge >= 0.3 is 0 Å². The number of benzene rings is 2. The molecule has 3 saturated heterocycles. The van der Waals surface area contributed by atoms with Crippen molar-refractivity contribution in [1.82, 2.24) is 19.7 Å². The molecule has 0 radical (unpaired) electrons. The maximum absolute atomic E-state index is 15.2. The lowest BCUT2D eigenvalue weighted by molar-refractivity contribution is -0.134. The summed E-state index contributed by atoms with van der Waals surface area (Å²) in [4.78, 5) is 53.3. The highest BCUT2D eigenvalue weighted by Crippen LogP contribution is 2.38. The summed E-state index contributed by atoms with van der Waals surface area (Å²) in [6.45, 7) is 7.00. The van der Waals surface area contributed by atoms with Gasteiger partial charge < -0.3 is 19.5 Å². The first kappa shape index (κ1) is 36.6. The van der Waals surface area contributed by atoms with Gasteiger partial charge in [-0.2, -0.15) is 0 Å². The molecular weight excluding hydrogens is 673 g/mol. The number of halogens is 2. The second kappa shape index (κ2) is 15.6. The van der Waals surface area contributed by atoms with Crippen LogP contribution in [0.3, 0.4) is 0 Å². The molecular formula is C39H47ClFN5O5. The van der Waals surface area contributed by atoms with Crippen molar-refractivity contribution in [3.8, 4) is 16.9 Å². The van der Waals surface area contributed by atoms with E-state index in [-0.39, 0.29) is 35.5 Å². The number of piperidine rings is 3. The number of hydrogen-bond acceptors (Lipinski definition) is 7. The van der Waals surface area contributed by atoms with E-state index in [9.17, 15) is 19.2 Å². The Morgan fingerprint density at radius 3 is 2.39 bits per heavy atom. The molecule has 2 aromatic carbocycles. The van der Waals surface area contributed by atoms with Crippen LogP contribution in [0.2, 0.25) is 5.02 Å². The van der Waals surface area contributed by atoms with Gasteiger partial charge in [-0.3, -0.25) is 29.4 Å². The van der Waals surface area contributed by atoms with Crippen molar-refractivity contribution in [2.24, 2.45) is 13.0 Å². The number of aryl methyl sites for hydroxylation is 1. The molecule has 3 fully saturated rings.